The average molecular weight is 585 g/mol. The molecule has 0 bridgehead atoms. The summed E-state index contributed by atoms with van der Waals surface area (Å²) in [6.45, 7) is 3.54. The lowest BCUT2D eigenvalue weighted by molar-refractivity contribution is -0.150. The van der Waals surface area contributed by atoms with Crippen molar-refractivity contribution < 1.29 is 23.1 Å². The first-order chi connectivity index (χ1) is 19.7. The summed E-state index contributed by atoms with van der Waals surface area (Å²) in [7, 11) is 0. The van der Waals surface area contributed by atoms with E-state index in [0.717, 1.165) is 44.2 Å². The van der Waals surface area contributed by atoms with E-state index in [1.54, 1.807) is 28.7 Å². The minimum atomic E-state index is -0.854. The van der Waals surface area contributed by atoms with Gasteiger partial charge in [-0.25, -0.2) is 19.0 Å². The predicted octanol–water partition coefficient (Wildman–Crippen LogP) is 4.78. The largest absolute Gasteiger partial charge is 0.441 e. The predicted molar refractivity (Wildman–Crippen MR) is 148 cm³/mol. The van der Waals surface area contributed by atoms with E-state index in [1.807, 2.05) is 13.8 Å². The van der Waals surface area contributed by atoms with Crippen molar-refractivity contribution >= 4 is 28.9 Å². The van der Waals surface area contributed by atoms with Gasteiger partial charge in [0.1, 0.15) is 28.1 Å². The number of nitrogens with two attached hydrogens (primary N) is 1. The van der Waals surface area contributed by atoms with Gasteiger partial charge in [-0.3, -0.25) is 14.3 Å². The lowest BCUT2D eigenvalue weighted by Gasteiger charge is -2.21. The Morgan fingerprint density at radius 3 is 2.68 bits per heavy atom. The number of rotatable bonds is 9. The zero-order valence-electron chi connectivity index (χ0n) is 22.6. The van der Waals surface area contributed by atoms with Gasteiger partial charge in [0.05, 0.1) is 17.9 Å². The first-order valence-electron chi connectivity index (χ1n) is 13.3. The fraction of sp³-hybridized carbons (Fsp3) is 0.407. The summed E-state index contributed by atoms with van der Waals surface area (Å²) in [5, 5.41) is 13.5. The van der Waals surface area contributed by atoms with Crippen LogP contribution in [0.15, 0.2) is 36.1 Å². The van der Waals surface area contributed by atoms with E-state index in [9.17, 15) is 18.4 Å². The van der Waals surface area contributed by atoms with Crippen LogP contribution in [0, 0.1) is 17.7 Å². The minimum absolute atomic E-state index is 0.0457. The van der Waals surface area contributed by atoms with Crippen molar-refractivity contribution in [3.05, 3.63) is 53.6 Å². The number of carbonyl (C=O) groups is 2. The van der Waals surface area contributed by atoms with E-state index in [1.165, 1.54) is 16.0 Å². The summed E-state index contributed by atoms with van der Waals surface area (Å²) in [5.74, 6) is -2.73. The summed E-state index contributed by atoms with van der Waals surface area (Å²) in [6.07, 6.45) is 9.85. The quantitative estimate of drug-likeness (QED) is 0.211. The molecule has 0 radical (unpaired) electrons. The molecule has 1 atom stereocenters. The third-order valence-electron chi connectivity index (χ3n) is 6.91. The molecule has 4 aromatic rings. The van der Waals surface area contributed by atoms with E-state index < -0.39 is 29.7 Å². The summed E-state index contributed by atoms with van der Waals surface area (Å²) < 4.78 is 36.9. The van der Waals surface area contributed by atoms with Gasteiger partial charge in [-0.2, -0.15) is 14.6 Å². The molecule has 5 rings (SSSR count). The highest BCUT2D eigenvalue weighted by Crippen LogP contribution is 2.34. The molecule has 1 fully saturated rings. The molecular formula is C27H30F2N8O3S. The fourth-order valence-electron chi connectivity index (χ4n) is 4.51. The molecule has 1 unspecified atom stereocenters. The lowest BCUT2D eigenvalue weighted by Crippen LogP contribution is -2.37. The van der Waals surface area contributed by atoms with Crippen molar-refractivity contribution in [1.82, 2.24) is 29.5 Å². The number of hydrogen-bond donors (Lipinski definition) is 2. The zero-order valence-corrected chi connectivity index (χ0v) is 23.4. The normalized spacial score (nSPS) is 14.8. The molecule has 216 valence electrons. The van der Waals surface area contributed by atoms with Crippen molar-refractivity contribution in [3.63, 3.8) is 0 Å². The maximum absolute atomic E-state index is 14.7. The molecule has 3 N–H and O–H groups in total. The van der Waals surface area contributed by atoms with Crippen LogP contribution in [-0.4, -0.2) is 47.4 Å². The van der Waals surface area contributed by atoms with Crippen LogP contribution < -0.4 is 11.1 Å². The van der Waals surface area contributed by atoms with Crippen molar-refractivity contribution in [1.29, 1.82) is 0 Å². The number of halogens is 2. The number of hydrogen-bond acceptors (Lipinski definition) is 9. The summed E-state index contributed by atoms with van der Waals surface area (Å²) >= 11 is 1.23. The first-order valence-corrected chi connectivity index (χ1v) is 14.2. The number of aromatic nitrogens is 6. The third kappa shape index (κ3) is 6.49. The Labute approximate surface area is 238 Å². The highest BCUT2D eigenvalue weighted by molar-refractivity contribution is 7.13. The second kappa shape index (κ2) is 12.2. The molecule has 11 nitrogen and oxygen atoms in total. The number of amides is 1. The van der Waals surface area contributed by atoms with Crippen LogP contribution >= 0.6 is 11.3 Å². The van der Waals surface area contributed by atoms with Gasteiger partial charge in [-0.1, -0.05) is 33.1 Å². The summed E-state index contributed by atoms with van der Waals surface area (Å²) in [4.78, 5) is 33.3. The highest BCUT2D eigenvalue weighted by atomic mass is 32.1. The third-order valence-corrected chi connectivity index (χ3v) is 7.80. The van der Waals surface area contributed by atoms with Gasteiger partial charge in [0, 0.05) is 23.3 Å². The van der Waals surface area contributed by atoms with Crippen LogP contribution in [0.1, 0.15) is 62.5 Å². The monoisotopic (exact) mass is 584 g/mol. The number of thiazole rings is 1. The topological polar surface area (TPSA) is 143 Å². The van der Waals surface area contributed by atoms with E-state index >= 15 is 0 Å². The maximum Gasteiger partial charge on any atom is 0.324 e. The molecular weight excluding hydrogens is 554 g/mol. The van der Waals surface area contributed by atoms with Crippen LogP contribution in [0.4, 0.5) is 14.5 Å². The van der Waals surface area contributed by atoms with Gasteiger partial charge in [0.25, 0.3) is 5.91 Å². The average Bonchev–Trinajstić information content (AvgIpc) is 3.73. The van der Waals surface area contributed by atoms with Crippen molar-refractivity contribution in [2.45, 2.75) is 64.8 Å². The Kier molecular flexibility index (Phi) is 8.49. The van der Waals surface area contributed by atoms with Crippen molar-refractivity contribution in [3.8, 4) is 22.0 Å². The molecule has 14 heteroatoms. The number of esters is 1. The van der Waals surface area contributed by atoms with Gasteiger partial charge in [0.2, 0.25) is 5.95 Å². The van der Waals surface area contributed by atoms with Crippen molar-refractivity contribution in [2.75, 3.05) is 5.32 Å². The van der Waals surface area contributed by atoms with E-state index in [0.29, 0.717) is 10.6 Å². The van der Waals surface area contributed by atoms with Crippen LogP contribution in [0.2, 0.25) is 0 Å². The lowest BCUT2D eigenvalue weighted by atomic mass is 9.96. The van der Waals surface area contributed by atoms with Crippen molar-refractivity contribution in [2.24, 2.45) is 11.7 Å². The smallest absolute Gasteiger partial charge is 0.324 e. The summed E-state index contributed by atoms with van der Waals surface area (Å²) in [5.41, 5.74) is 6.52. The van der Waals surface area contributed by atoms with Crippen LogP contribution in [-0.2, 0) is 16.3 Å². The Morgan fingerprint density at radius 2 is 1.93 bits per heavy atom. The molecule has 0 saturated heterocycles. The number of carbonyl (C=O) groups excluding carboxylic acids is 2. The molecule has 1 saturated carbocycles. The Bertz CT molecular complexity index is 1540. The molecule has 0 spiro atoms. The van der Waals surface area contributed by atoms with Gasteiger partial charge >= 0.3 is 5.97 Å². The molecule has 1 aliphatic rings. The Morgan fingerprint density at radius 1 is 1.15 bits per heavy atom. The second-order valence-electron chi connectivity index (χ2n) is 10.3. The molecule has 0 aromatic carbocycles. The first kappa shape index (κ1) is 28.5. The highest BCUT2D eigenvalue weighted by Gasteiger charge is 2.25. The van der Waals surface area contributed by atoms with Gasteiger partial charge in [0.15, 0.2) is 12.5 Å². The second-order valence-corrected chi connectivity index (χ2v) is 11.1. The zero-order chi connectivity index (χ0) is 29.1. The van der Waals surface area contributed by atoms with Crippen LogP contribution in [0.5, 0.6) is 0 Å². The Hall–Kier alpha value is -4.04. The number of pyridine rings is 1. The molecule has 4 aromatic heterocycles. The molecule has 0 aliphatic heterocycles. The van der Waals surface area contributed by atoms with E-state index in [2.05, 4.69) is 25.5 Å². The van der Waals surface area contributed by atoms with Crippen LogP contribution in [0.25, 0.3) is 22.0 Å². The molecule has 1 amide bonds. The fourth-order valence-corrected chi connectivity index (χ4v) is 5.29. The standard InChI is InChI=1S/C27H30F2N8O3S/c1-15(2)22(30)27(39)40-14-36-11-16(10-31-36)26-33-20(13-41-26)25(38)32-19-12-37(17-6-4-3-5-7-17)35-24(19)23-18(28)8-9-21(29)34-23/h8-13,15,17,22H,3-7,14,30H2,1-2H3,(H,32,38). The number of nitrogens with one attached hydrogen (secondary N) is 1. The molecule has 1 aliphatic carbocycles. The molecule has 41 heavy (non-hydrogen) atoms. The number of anilines is 1. The van der Waals surface area contributed by atoms with E-state index in [-0.39, 0.29) is 41.5 Å². The van der Waals surface area contributed by atoms with E-state index in [4.69, 9.17) is 10.5 Å². The van der Waals surface area contributed by atoms with Crippen LogP contribution in [0.3, 0.4) is 0 Å². The SMILES string of the molecule is CC(C)C(N)C(=O)OCn1cc(-c2nc(C(=O)Nc3cn(C4CCCCC4)nc3-c3nc(F)ccc3F)cs2)cn1. The maximum atomic E-state index is 14.7. The van der Waals surface area contributed by atoms with Gasteiger partial charge in [-0.15, -0.1) is 11.3 Å². The van der Waals surface area contributed by atoms with Gasteiger partial charge in [-0.05, 0) is 30.9 Å². The minimum Gasteiger partial charge on any atom is -0.441 e. The number of ether oxygens (including phenoxy) is 1. The van der Waals surface area contributed by atoms with Gasteiger partial charge < -0.3 is 15.8 Å². The Balaban J connectivity index is 1.33. The number of nitrogens with zero attached hydrogens (tertiary/aromatic N) is 6. The molecule has 4 heterocycles. The summed E-state index contributed by atoms with van der Waals surface area (Å²) in [6, 6.07) is 1.27.